The van der Waals surface area contributed by atoms with E-state index in [1.165, 1.54) is 16.2 Å². The molecule has 1 aromatic heterocycles. The van der Waals surface area contributed by atoms with Crippen LogP contribution in [0.25, 0.3) is 11.3 Å². The monoisotopic (exact) mass is 355 g/mol. The summed E-state index contributed by atoms with van der Waals surface area (Å²) in [6.45, 7) is 1.68. The Morgan fingerprint density at radius 2 is 2.18 bits per heavy atom. The maximum absolute atomic E-state index is 12.1. The second kappa shape index (κ2) is 7.97. The number of anilines is 1. The van der Waals surface area contributed by atoms with E-state index < -0.39 is 0 Å². The summed E-state index contributed by atoms with van der Waals surface area (Å²) in [4.78, 5) is 17.8. The molecular weight excluding hydrogens is 338 g/mol. The van der Waals surface area contributed by atoms with Crippen LogP contribution < -0.4 is 10.6 Å². The highest BCUT2D eigenvalue weighted by Gasteiger charge is 2.23. The maximum Gasteiger partial charge on any atom is 0.230 e. The first-order valence-corrected chi connectivity index (χ1v) is 8.98. The Hall–Kier alpha value is -1.08. The average Bonchev–Trinajstić information content (AvgIpc) is 3.19. The van der Waals surface area contributed by atoms with Gasteiger partial charge in [-0.3, -0.25) is 4.79 Å². The first-order valence-electron chi connectivity index (χ1n) is 6.88. The normalized spacial score (nSPS) is 17.0. The number of halogens is 1. The van der Waals surface area contributed by atoms with Gasteiger partial charge in [0.15, 0.2) is 5.13 Å². The zero-order valence-corrected chi connectivity index (χ0v) is 14.6. The standard InChI is InChI=1S/C15H17N3OS2.ClH/c1-20-12-4-2-10(3-5-12)13-9-21-15(17-13)18-14(19)11-6-7-16-8-11;/h2-5,9,11,16H,6-8H2,1H3,(H,17,18,19);1H. The van der Waals surface area contributed by atoms with Crippen LogP contribution in [0.15, 0.2) is 34.5 Å². The van der Waals surface area contributed by atoms with Gasteiger partial charge in [-0.05, 0) is 31.4 Å². The number of nitrogens with zero attached hydrogens (tertiary/aromatic N) is 1. The third kappa shape index (κ3) is 4.01. The van der Waals surface area contributed by atoms with E-state index in [1.54, 1.807) is 11.8 Å². The van der Waals surface area contributed by atoms with Crippen LogP contribution in [0.2, 0.25) is 0 Å². The highest BCUT2D eigenvalue weighted by Crippen LogP contribution is 2.27. The number of thioether (sulfide) groups is 1. The van der Waals surface area contributed by atoms with Crippen molar-refractivity contribution in [2.45, 2.75) is 11.3 Å². The molecule has 1 aromatic carbocycles. The molecule has 22 heavy (non-hydrogen) atoms. The first-order chi connectivity index (χ1) is 10.3. The molecule has 118 valence electrons. The lowest BCUT2D eigenvalue weighted by Gasteiger charge is -2.06. The Balaban J connectivity index is 0.00000176. The lowest BCUT2D eigenvalue weighted by atomic mass is 10.1. The van der Waals surface area contributed by atoms with E-state index in [-0.39, 0.29) is 24.2 Å². The molecule has 0 aliphatic carbocycles. The van der Waals surface area contributed by atoms with Crippen LogP contribution >= 0.6 is 35.5 Å². The maximum atomic E-state index is 12.1. The largest absolute Gasteiger partial charge is 0.316 e. The van der Waals surface area contributed by atoms with Crippen molar-refractivity contribution in [2.75, 3.05) is 24.7 Å². The molecule has 1 aliphatic heterocycles. The number of thiazole rings is 1. The van der Waals surface area contributed by atoms with Gasteiger partial charge < -0.3 is 10.6 Å². The molecule has 1 atom stereocenters. The fourth-order valence-corrected chi connectivity index (χ4v) is 3.44. The Morgan fingerprint density at radius 3 is 2.82 bits per heavy atom. The lowest BCUT2D eigenvalue weighted by Crippen LogP contribution is -2.24. The number of nitrogens with one attached hydrogen (secondary N) is 2. The number of carbonyl (C=O) groups is 1. The van der Waals surface area contributed by atoms with Crippen molar-refractivity contribution in [2.24, 2.45) is 5.92 Å². The van der Waals surface area contributed by atoms with Crippen LogP contribution in [-0.4, -0.2) is 30.2 Å². The number of benzene rings is 1. The molecule has 0 bridgehead atoms. The topological polar surface area (TPSA) is 54.0 Å². The van der Waals surface area contributed by atoms with Crippen molar-refractivity contribution in [3.8, 4) is 11.3 Å². The number of carbonyl (C=O) groups excluding carboxylic acids is 1. The quantitative estimate of drug-likeness (QED) is 0.824. The summed E-state index contributed by atoms with van der Waals surface area (Å²) in [5, 5.41) is 8.78. The third-order valence-corrected chi connectivity index (χ3v) is 5.05. The molecular formula is C15H18ClN3OS2. The first kappa shape index (κ1) is 17.3. The van der Waals surface area contributed by atoms with Gasteiger partial charge in [-0.25, -0.2) is 4.98 Å². The SMILES string of the molecule is CSc1ccc(-c2csc(NC(=O)C3CCNC3)n2)cc1.Cl. The van der Waals surface area contributed by atoms with Crippen molar-refractivity contribution in [3.63, 3.8) is 0 Å². The third-order valence-electron chi connectivity index (χ3n) is 3.55. The van der Waals surface area contributed by atoms with Crippen LogP contribution in [-0.2, 0) is 4.79 Å². The van der Waals surface area contributed by atoms with E-state index in [9.17, 15) is 4.79 Å². The summed E-state index contributed by atoms with van der Waals surface area (Å²) in [6, 6.07) is 8.30. The zero-order valence-electron chi connectivity index (χ0n) is 12.2. The van der Waals surface area contributed by atoms with Gasteiger partial charge in [-0.2, -0.15) is 0 Å². The van der Waals surface area contributed by atoms with E-state index in [1.807, 2.05) is 5.38 Å². The predicted octanol–water partition coefficient (Wildman–Crippen LogP) is 3.50. The second-order valence-corrected chi connectivity index (χ2v) is 6.68. The van der Waals surface area contributed by atoms with Crippen molar-refractivity contribution in [1.29, 1.82) is 0 Å². The van der Waals surface area contributed by atoms with Gasteiger partial charge in [0, 0.05) is 22.4 Å². The predicted molar refractivity (Wildman–Crippen MR) is 96.2 cm³/mol. The molecule has 0 saturated carbocycles. The zero-order chi connectivity index (χ0) is 14.7. The van der Waals surface area contributed by atoms with Crippen LogP contribution in [0.5, 0.6) is 0 Å². The summed E-state index contributed by atoms with van der Waals surface area (Å²) >= 11 is 3.19. The minimum absolute atomic E-state index is 0. The molecule has 4 nitrogen and oxygen atoms in total. The summed E-state index contributed by atoms with van der Waals surface area (Å²) in [5.41, 5.74) is 1.99. The summed E-state index contributed by atoms with van der Waals surface area (Å²) in [6.07, 6.45) is 2.96. The van der Waals surface area contributed by atoms with E-state index >= 15 is 0 Å². The van der Waals surface area contributed by atoms with Crippen molar-refractivity contribution in [1.82, 2.24) is 10.3 Å². The van der Waals surface area contributed by atoms with Crippen LogP contribution in [0.3, 0.4) is 0 Å². The van der Waals surface area contributed by atoms with Gasteiger partial charge in [0.1, 0.15) is 0 Å². The van der Waals surface area contributed by atoms with Gasteiger partial charge >= 0.3 is 0 Å². The molecule has 1 aliphatic rings. The molecule has 0 spiro atoms. The molecule has 2 heterocycles. The Kier molecular flexibility index (Phi) is 6.26. The minimum Gasteiger partial charge on any atom is -0.316 e. The fraction of sp³-hybridized carbons (Fsp3) is 0.333. The van der Waals surface area contributed by atoms with E-state index in [2.05, 4.69) is 46.1 Å². The van der Waals surface area contributed by atoms with Crippen molar-refractivity contribution in [3.05, 3.63) is 29.6 Å². The molecule has 1 fully saturated rings. The molecule has 2 N–H and O–H groups in total. The minimum atomic E-state index is 0. The average molecular weight is 356 g/mol. The highest BCUT2D eigenvalue weighted by molar-refractivity contribution is 7.98. The molecule has 2 aromatic rings. The number of hydrogen-bond acceptors (Lipinski definition) is 5. The van der Waals surface area contributed by atoms with Gasteiger partial charge in [-0.1, -0.05) is 12.1 Å². The fourth-order valence-electron chi connectivity index (χ4n) is 2.31. The highest BCUT2D eigenvalue weighted by atomic mass is 35.5. The van der Waals surface area contributed by atoms with Crippen molar-refractivity contribution < 1.29 is 4.79 Å². The van der Waals surface area contributed by atoms with Crippen molar-refractivity contribution >= 4 is 46.5 Å². The second-order valence-electron chi connectivity index (χ2n) is 4.95. The lowest BCUT2D eigenvalue weighted by molar-refractivity contribution is -0.119. The molecule has 1 amide bonds. The van der Waals surface area contributed by atoms with Crippen LogP contribution in [0.4, 0.5) is 5.13 Å². The van der Waals surface area contributed by atoms with Crippen LogP contribution in [0.1, 0.15) is 6.42 Å². The van der Waals surface area contributed by atoms with Gasteiger partial charge in [-0.15, -0.1) is 35.5 Å². The molecule has 7 heteroatoms. The van der Waals surface area contributed by atoms with E-state index in [4.69, 9.17) is 0 Å². The Morgan fingerprint density at radius 1 is 1.41 bits per heavy atom. The van der Waals surface area contributed by atoms with Gasteiger partial charge in [0.05, 0.1) is 11.6 Å². The van der Waals surface area contributed by atoms with Gasteiger partial charge in [0.2, 0.25) is 5.91 Å². The number of aromatic nitrogens is 1. The Labute approximate surface area is 144 Å². The number of hydrogen-bond donors (Lipinski definition) is 2. The van der Waals surface area contributed by atoms with Gasteiger partial charge in [0.25, 0.3) is 0 Å². The van der Waals surface area contributed by atoms with Crippen LogP contribution in [0, 0.1) is 5.92 Å². The summed E-state index contributed by atoms with van der Waals surface area (Å²) < 4.78 is 0. The number of rotatable bonds is 4. The summed E-state index contributed by atoms with van der Waals surface area (Å²) in [7, 11) is 0. The molecule has 0 radical (unpaired) electrons. The Bertz CT molecular complexity index is 624. The molecule has 1 unspecified atom stereocenters. The summed E-state index contributed by atoms with van der Waals surface area (Å²) in [5.74, 6) is 0.136. The molecule has 3 rings (SSSR count). The molecule has 1 saturated heterocycles. The van der Waals surface area contributed by atoms with E-state index in [0.29, 0.717) is 5.13 Å². The smallest absolute Gasteiger partial charge is 0.230 e. The van der Waals surface area contributed by atoms with E-state index in [0.717, 1.165) is 30.8 Å². The number of amides is 1.